The quantitative estimate of drug-likeness (QED) is 0.612. The van der Waals surface area contributed by atoms with E-state index in [1.54, 1.807) is 6.20 Å². The molecule has 1 N–H and O–H groups in total. The van der Waals surface area contributed by atoms with E-state index < -0.39 is 6.10 Å². The van der Waals surface area contributed by atoms with Crippen LogP contribution in [0.5, 0.6) is 5.75 Å². The number of aromatic amines is 1. The van der Waals surface area contributed by atoms with Crippen LogP contribution in [0, 0.1) is 0 Å². The van der Waals surface area contributed by atoms with Gasteiger partial charge in [-0.25, -0.2) is 4.98 Å². The average molecular weight is 465 g/mol. The zero-order valence-corrected chi connectivity index (χ0v) is 19.5. The zero-order valence-electron chi connectivity index (χ0n) is 18.7. The van der Waals surface area contributed by atoms with Crippen molar-refractivity contribution in [1.82, 2.24) is 19.8 Å². The number of benzene rings is 1. The van der Waals surface area contributed by atoms with Crippen LogP contribution < -0.4 is 4.74 Å². The Kier molecular flexibility index (Phi) is 5.51. The SMILES string of the molecule is O=C(C1Cc2cc(Cl)cc(-c3ccnc4[nH]ccc34)c2O1)N1CCN(C2CCCCC2)CC1. The number of aromatic nitrogens is 2. The van der Waals surface area contributed by atoms with Crippen LogP contribution in [0.1, 0.15) is 37.7 Å². The molecule has 6 rings (SSSR count). The minimum absolute atomic E-state index is 0.0955. The number of hydrogen-bond acceptors (Lipinski definition) is 4. The molecule has 6 nitrogen and oxygen atoms in total. The van der Waals surface area contributed by atoms with E-state index in [1.165, 1.54) is 32.1 Å². The van der Waals surface area contributed by atoms with E-state index in [0.29, 0.717) is 17.5 Å². The van der Waals surface area contributed by atoms with Crippen molar-refractivity contribution in [2.24, 2.45) is 0 Å². The molecular formula is C26H29ClN4O2. The summed E-state index contributed by atoms with van der Waals surface area (Å²) in [5.74, 6) is 0.866. The van der Waals surface area contributed by atoms with E-state index in [-0.39, 0.29) is 5.91 Å². The molecule has 1 unspecified atom stereocenters. The number of H-pyrrole nitrogens is 1. The van der Waals surface area contributed by atoms with Crippen molar-refractivity contribution in [3.63, 3.8) is 0 Å². The molecule has 0 spiro atoms. The maximum absolute atomic E-state index is 13.4. The van der Waals surface area contributed by atoms with Gasteiger partial charge >= 0.3 is 0 Å². The van der Waals surface area contributed by atoms with Gasteiger partial charge in [0.2, 0.25) is 0 Å². The van der Waals surface area contributed by atoms with Crippen molar-refractivity contribution in [2.45, 2.75) is 50.7 Å². The van der Waals surface area contributed by atoms with Crippen LogP contribution in [0.25, 0.3) is 22.2 Å². The molecule has 3 aliphatic rings. The molecule has 3 aromatic rings. The molecular weight excluding hydrogens is 436 g/mol. The van der Waals surface area contributed by atoms with Gasteiger partial charge in [0.1, 0.15) is 11.4 Å². The van der Waals surface area contributed by atoms with Gasteiger partial charge in [-0.15, -0.1) is 0 Å². The van der Waals surface area contributed by atoms with Crippen LogP contribution in [0.4, 0.5) is 0 Å². The molecule has 1 amide bonds. The second-order valence-corrected chi connectivity index (χ2v) is 9.94. The Bertz CT molecular complexity index is 1180. The number of fused-ring (bicyclic) bond motifs is 2. The fourth-order valence-corrected chi connectivity index (χ4v) is 6.06. The van der Waals surface area contributed by atoms with Gasteiger partial charge in [-0.05, 0) is 42.7 Å². The summed E-state index contributed by atoms with van der Waals surface area (Å²) in [6, 6.07) is 8.56. The number of rotatable bonds is 3. The number of ether oxygens (including phenoxy) is 1. The Balaban J connectivity index is 1.20. The molecule has 4 heterocycles. The van der Waals surface area contributed by atoms with Crippen molar-refractivity contribution in [2.75, 3.05) is 26.2 Å². The second kappa shape index (κ2) is 8.65. The fourth-order valence-electron chi connectivity index (χ4n) is 5.82. The largest absolute Gasteiger partial charge is 0.479 e. The Labute approximate surface area is 198 Å². The summed E-state index contributed by atoms with van der Waals surface area (Å²) >= 11 is 6.49. The third-order valence-corrected chi connectivity index (χ3v) is 7.76. The highest BCUT2D eigenvalue weighted by Gasteiger charge is 2.36. The van der Waals surface area contributed by atoms with Crippen LogP contribution in [0.2, 0.25) is 5.02 Å². The summed E-state index contributed by atoms with van der Waals surface area (Å²) in [5.41, 5.74) is 3.75. The van der Waals surface area contributed by atoms with Gasteiger partial charge in [0.05, 0.1) is 0 Å². The van der Waals surface area contributed by atoms with E-state index in [9.17, 15) is 4.79 Å². The van der Waals surface area contributed by atoms with E-state index in [1.807, 2.05) is 35.4 Å². The highest BCUT2D eigenvalue weighted by Crippen LogP contribution is 2.43. The molecule has 33 heavy (non-hydrogen) atoms. The maximum atomic E-state index is 13.4. The van der Waals surface area contributed by atoms with Gasteiger partial charge in [0, 0.05) is 72.6 Å². The maximum Gasteiger partial charge on any atom is 0.264 e. The Morgan fingerprint density at radius 3 is 2.70 bits per heavy atom. The lowest BCUT2D eigenvalue weighted by atomic mass is 9.94. The number of amides is 1. The summed E-state index contributed by atoms with van der Waals surface area (Å²) in [6.07, 6.45) is 10.4. The number of nitrogens with one attached hydrogen (secondary N) is 1. The summed E-state index contributed by atoms with van der Waals surface area (Å²) in [6.45, 7) is 3.51. The zero-order chi connectivity index (χ0) is 22.4. The van der Waals surface area contributed by atoms with Gasteiger partial charge in [-0.3, -0.25) is 9.69 Å². The van der Waals surface area contributed by atoms with Crippen molar-refractivity contribution in [3.8, 4) is 16.9 Å². The first kappa shape index (κ1) is 21.0. The van der Waals surface area contributed by atoms with Gasteiger partial charge in [0.15, 0.2) is 6.10 Å². The summed E-state index contributed by atoms with van der Waals surface area (Å²) in [7, 11) is 0. The second-order valence-electron chi connectivity index (χ2n) is 9.50. The van der Waals surface area contributed by atoms with Gasteiger partial charge < -0.3 is 14.6 Å². The molecule has 0 bridgehead atoms. The molecule has 1 aliphatic carbocycles. The van der Waals surface area contributed by atoms with Crippen LogP contribution in [0.3, 0.4) is 0 Å². The lowest BCUT2D eigenvalue weighted by Crippen LogP contribution is -2.54. The minimum Gasteiger partial charge on any atom is -0.479 e. The number of pyridine rings is 1. The Hall–Kier alpha value is -2.57. The molecule has 172 valence electrons. The fraction of sp³-hybridized carbons (Fsp3) is 0.462. The number of hydrogen-bond donors (Lipinski definition) is 1. The molecule has 1 atom stereocenters. The van der Waals surface area contributed by atoms with Crippen molar-refractivity contribution < 1.29 is 9.53 Å². The van der Waals surface area contributed by atoms with Crippen molar-refractivity contribution >= 4 is 28.5 Å². The van der Waals surface area contributed by atoms with Crippen LogP contribution in [-0.2, 0) is 11.2 Å². The monoisotopic (exact) mass is 464 g/mol. The molecule has 2 aliphatic heterocycles. The van der Waals surface area contributed by atoms with Gasteiger partial charge in [-0.2, -0.15) is 0 Å². The first-order chi connectivity index (χ1) is 16.2. The smallest absolute Gasteiger partial charge is 0.264 e. The highest BCUT2D eigenvalue weighted by molar-refractivity contribution is 6.31. The van der Waals surface area contributed by atoms with Crippen LogP contribution >= 0.6 is 11.6 Å². The lowest BCUT2D eigenvalue weighted by molar-refractivity contribution is -0.140. The number of halogens is 1. The first-order valence-electron chi connectivity index (χ1n) is 12.1. The normalized spacial score (nSPS) is 21.8. The van der Waals surface area contributed by atoms with E-state index in [0.717, 1.165) is 59.7 Å². The third-order valence-electron chi connectivity index (χ3n) is 7.54. The molecule has 1 saturated heterocycles. The summed E-state index contributed by atoms with van der Waals surface area (Å²) < 4.78 is 6.34. The topological polar surface area (TPSA) is 61.5 Å². The molecule has 7 heteroatoms. The average Bonchev–Trinajstić information content (AvgIpc) is 3.51. The minimum atomic E-state index is -0.484. The molecule has 1 aromatic carbocycles. The molecule has 2 aromatic heterocycles. The Morgan fingerprint density at radius 2 is 1.88 bits per heavy atom. The van der Waals surface area contributed by atoms with E-state index in [2.05, 4.69) is 14.9 Å². The predicted molar refractivity (Wildman–Crippen MR) is 130 cm³/mol. The molecule has 2 fully saturated rings. The van der Waals surface area contributed by atoms with Crippen LogP contribution in [0.15, 0.2) is 36.7 Å². The predicted octanol–water partition coefficient (Wildman–Crippen LogP) is 4.66. The summed E-state index contributed by atoms with van der Waals surface area (Å²) in [4.78, 5) is 25.5. The van der Waals surface area contributed by atoms with Crippen LogP contribution in [-0.4, -0.2) is 64.0 Å². The van der Waals surface area contributed by atoms with Crippen molar-refractivity contribution in [1.29, 1.82) is 0 Å². The highest BCUT2D eigenvalue weighted by atomic mass is 35.5. The van der Waals surface area contributed by atoms with Crippen molar-refractivity contribution in [3.05, 3.63) is 47.2 Å². The summed E-state index contributed by atoms with van der Waals surface area (Å²) in [5, 5.41) is 1.67. The third kappa shape index (κ3) is 3.89. The lowest BCUT2D eigenvalue weighted by Gasteiger charge is -2.41. The Morgan fingerprint density at radius 1 is 1.06 bits per heavy atom. The van der Waals surface area contributed by atoms with Gasteiger partial charge in [0.25, 0.3) is 5.91 Å². The van der Waals surface area contributed by atoms with E-state index in [4.69, 9.17) is 16.3 Å². The van der Waals surface area contributed by atoms with Gasteiger partial charge in [-0.1, -0.05) is 30.9 Å². The van der Waals surface area contributed by atoms with E-state index >= 15 is 0 Å². The molecule has 1 saturated carbocycles. The first-order valence-corrected chi connectivity index (χ1v) is 12.5. The molecule has 0 radical (unpaired) electrons. The standard InChI is InChI=1S/C26H29ClN4O2/c27-18-14-17-15-23(26(32)31-12-10-30(11-13-31)19-4-2-1-3-5-19)33-24(17)22(16-18)20-6-8-28-25-21(20)7-9-29-25/h6-9,14,16,19,23H,1-5,10-13,15H2,(H,28,29). The number of carbonyl (C=O) groups is 1. The number of carbonyl (C=O) groups excluding carboxylic acids is 1. The number of nitrogens with zero attached hydrogens (tertiary/aromatic N) is 3. The number of piperazine rings is 1.